The molecule has 0 spiro atoms. The number of urea groups is 1. The van der Waals surface area contributed by atoms with Crippen LogP contribution in [0.4, 0.5) is 4.79 Å². The summed E-state index contributed by atoms with van der Waals surface area (Å²) >= 11 is 0. The lowest BCUT2D eigenvalue weighted by atomic mass is 9.96. The number of epoxide rings is 2. The van der Waals surface area contributed by atoms with E-state index in [1.54, 1.807) is 0 Å². The third kappa shape index (κ3) is 3.08. The zero-order valence-corrected chi connectivity index (χ0v) is 12.1. The molecule has 2 unspecified atom stereocenters. The van der Waals surface area contributed by atoms with Crippen LogP contribution in [0.1, 0.15) is 26.2 Å². The quantitative estimate of drug-likeness (QED) is 0.501. The van der Waals surface area contributed by atoms with E-state index in [9.17, 15) is 14.4 Å². The zero-order chi connectivity index (χ0) is 15.0. The summed E-state index contributed by atoms with van der Waals surface area (Å²) in [6.45, 7) is 3.63. The van der Waals surface area contributed by atoms with Crippen molar-refractivity contribution < 1.29 is 23.9 Å². The molecule has 3 heterocycles. The first-order valence-corrected chi connectivity index (χ1v) is 7.51. The summed E-state index contributed by atoms with van der Waals surface area (Å²) < 4.78 is 10.2. The highest BCUT2D eigenvalue weighted by molar-refractivity contribution is 6.16. The van der Waals surface area contributed by atoms with Crippen LogP contribution in [0, 0.1) is 5.92 Å². The molecule has 0 radical (unpaired) electrons. The molecule has 3 aliphatic rings. The first-order valence-electron chi connectivity index (χ1n) is 7.51. The van der Waals surface area contributed by atoms with Gasteiger partial charge in [-0.3, -0.25) is 19.4 Å². The SMILES string of the molecule is CCCCC1C(=O)N(CC2CO2)C(=O)N(CC2CO2)C1=O. The third-order valence-electron chi connectivity index (χ3n) is 4.01. The molecule has 0 saturated carbocycles. The van der Waals surface area contributed by atoms with Gasteiger partial charge in [-0.25, -0.2) is 4.79 Å². The number of barbiturate groups is 1. The smallest absolute Gasteiger partial charge is 0.333 e. The maximum absolute atomic E-state index is 12.4. The minimum atomic E-state index is -0.736. The summed E-state index contributed by atoms with van der Waals surface area (Å²) in [6.07, 6.45) is 2.04. The number of carbonyl (C=O) groups is 3. The highest BCUT2D eigenvalue weighted by atomic mass is 16.6. The number of amides is 4. The van der Waals surface area contributed by atoms with Crippen molar-refractivity contribution in [1.82, 2.24) is 9.80 Å². The van der Waals surface area contributed by atoms with Crippen LogP contribution in [-0.2, 0) is 19.1 Å². The molecule has 116 valence electrons. The Hall–Kier alpha value is -1.47. The van der Waals surface area contributed by atoms with Crippen LogP contribution in [0.5, 0.6) is 0 Å². The van der Waals surface area contributed by atoms with E-state index in [4.69, 9.17) is 9.47 Å². The molecule has 0 aromatic carbocycles. The second-order valence-electron chi connectivity index (χ2n) is 5.79. The maximum Gasteiger partial charge on any atom is 0.333 e. The highest BCUT2D eigenvalue weighted by Crippen LogP contribution is 2.26. The average molecular weight is 296 g/mol. The Morgan fingerprint density at radius 3 is 1.86 bits per heavy atom. The standard InChI is InChI=1S/C14H20N2O5/c1-2-3-4-11-12(17)15(5-9-7-20-9)14(19)16(13(11)18)6-10-8-21-10/h9-11H,2-8H2,1H3. The average Bonchev–Trinajstić information content (AvgIpc) is 3.35. The molecule has 7 heteroatoms. The second kappa shape index (κ2) is 5.73. The number of ether oxygens (including phenoxy) is 2. The van der Waals surface area contributed by atoms with Crippen molar-refractivity contribution in [2.24, 2.45) is 5.92 Å². The van der Waals surface area contributed by atoms with Gasteiger partial charge in [-0.1, -0.05) is 19.8 Å². The van der Waals surface area contributed by atoms with Gasteiger partial charge in [-0.15, -0.1) is 0 Å². The molecule has 3 saturated heterocycles. The molecule has 21 heavy (non-hydrogen) atoms. The Morgan fingerprint density at radius 2 is 1.48 bits per heavy atom. The van der Waals surface area contributed by atoms with E-state index in [0.29, 0.717) is 19.6 Å². The Labute approximate surface area is 123 Å². The molecule has 2 atom stereocenters. The van der Waals surface area contributed by atoms with E-state index >= 15 is 0 Å². The van der Waals surface area contributed by atoms with E-state index in [0.717, 1.165) is 12.8 Å². The number of nitrogens with zero attached hydrogens (tertiary/aromatic N) is 2. The molecular weight excluding hydrogens is 276 g/mol. The van der Waals surface area contributed by atoms with E-state index in [2.05, 4.69) is 0 Å². The first-order chi connectivity index (χ1) is 10.1. The number of carbonyl (C=O) groups excluding carboxylic acids is 3. The fourth-order valence-corrected chi connectivity index (χ4v) is 2.56. The van der Waals surface area contributed by atoms with Crippen molar-refractivity contribution in [1.29, 1.82) is 0 Å². The first kappa shape index (κ1) is 14.5. The molecular formula is C14H20N2O5. The Morgan fingerprint density at radius 1 is 1.00 bits per heavy atom. The number of rotatable bonds is 7. The fourth-order valence-electron chi connectivity index (χ4n) is 2.56. The number of hydrogen-bond donors (Lipinski definition) is 0. The summed E-state index contributed by atoms with van der Waals surface area (Å²) in [4.78, 5) is 39.6. The summed E-state index contributed by atoms with van der Waals surface area (Å²) in [6, 6.07) is -0.524. The van der Waals surface area contributed by atoms with Crippen LogP contribution in [0.25, 0.3) is 0 Å². The van der Waals surface area contributed by atoms with Crippen molar-refractivity contribution in [3.8, 4) is 0 Å². The van der Waals surface area contributed by atoms with Crippen LogP contribution in [-0.4, -0.2) is 66.2 Å². The lowest BCUT2D eigenvalue weighted by Crippen LogP contribution is -2.61. The van der Waals surface area contributed by atoms with Gasteiger partial charge in [0, 0.05) is 0 Å². The second-order valence-corrected chi connectivity index (χ2v) is 5.79. The van der Waals surface area contributed by atoms with Crippen molar-refractivity contribution in [2.45, 2.75) is 38.4 Å². The van der Waals surface area contributed by atoms with Crippen LogP contribution >= 0.6 is 0 Å². The summed E-state index contributed by atoms with van der Waals surface area (Å²) in [5.41, 5.74) is 0. The highest BCUT2D eigenvalue weighted by Gasteiger charge is 2.48. The Kier molecular flexibility index (Phi) is 3.95. The number of unbranched alkanes of at least 4 members (excludes halogenated alkanes) is 1. The number of imide groups is 2. The van der Waals surface area contributed by atoms with Gasteiger partial charge in [0.2, 0.25) is 11.8 Å². The summed E-state index contributed by atoms with van der Waals surface area (Å²) in [5, 5.41) is 0. The molecule has 3 aliphatic heterocycles. The predicted molar refractivity (Wildman–Crippen MR) is 71.3 cm³/mol. The fraction of sp³-hybridized carbons (Fsp3) is 0.786. The summed E-state index contributed by atoms with van der Waals surface area (Å²) in [5.74, 6) is -1.48. The van der Waals surface area contributed by atoms with Gasteiger partial charge in [-0.2, -0.15) is 0 Å². The molecule has 3 rings (SSSR count). The maximum atomic E-state index is 12.4. The lowest BCUT2D eigenvalue weighted by molar-refractivity contribution is -0.150. The topological polar surface area (TPSA) is 82.8 Å². The van der Waals surface area contributed by atoms with Crippen LogP contribution in [0.2, 0.25) is 0 Å². The minimum Gasteiger partial charge on any atom is -0.371 e. The van der Waals surface area contributed by atoms with Crippen molar-refractivity contribution >= 4 is 17.8 Å². The zero-order valence-electron chi connectivity index (χ0n) is 12.1. The molecule has 0 aromatic heterocycles. The minimum absolute atomic E-state index is 0.0723. The van der Waals surface area contributed by atoms with Gasteiger partial charge >= 0.3 is 6.03 Å². The van der Waals surface area contributed by atoms with Crippen LogP contribution in [0.3, 0.4) is 0 Å². The van der Waals surface area contributed by atoms with Crippen LogP contribution < -0.4 is 0 Å². The van der Waals surface area contributed by atoms with Gasteiger partial charge in [0.05, 0.1) is 38.5 Å². The van der Waals surface area contributed by atoms with Gasteiger partial charge in [0.25, 0.3) is 0 Å². The van der Waals surface area contributed by atoms with Crippen molar-refractivity contribution in [3.63, 3.8) is 0 Å². The van der Waals surface area contributed by atoms with E-state index in [1.165, 1.54) is 9.80 Å². The Bertz CT molecular complexity index is 422. The third-order valence-corrected chi connectivity index (χ3v) is 4.01. The Balaban J connectivity index is 1.76. The number of hydrogen-bond acceptors (Lipinski definition) is 5. The predicted octanol–water partition coefficient (Wildman–Crippen LogP) is 0.381. The van der Waals surface area contributed by atoms with Crippen molar-refractivity contribution in [3.05, 3.63) is 0 Å². The van der Waals surface area contributed by atoms with Gasteiger partial charge < -0.3 is 9.47 Å². The molecule has 7 nitrogen and oxygen atoms in total. The molecule has 0 N–H and O–H groups in total. The molecule has 0 aromatic rings. The molecule has 0 bridgehead atoms. The van der Waals surface area contributed by atoms with Crippen LogP contribution in [0.15, 0.2) is 0 Å². The lowest BCUT2D eigenvalue weighted by Gasteiger charge is -2.36. The molecule has 3 fully saturated rings. The van der Waals surface area contributed by atoms with E-state index in [-0.39, 0.29) is 37.1 Å². The molecule has 0 aliphatic carbocycles. The summed E-state index contributed by atoms with van der Waals surface area (Å²) in [7, 11) is 0. The van der Waals surface area contributed by atoms with Crippen molar-refractivity contribution in [2.75, 3.05) is 26.3 Å². The van der Waals surface area contributed by atoms with E-state index in [1.807, 2.05) is 6.92 Å². The monoisotopic (exact) mass is 296 g/mol. The van der Waals surface area contributed by atoms with Gasteiger partial charge in [0.15, 0.2) is 0 Å². The molecule has 4 amide bonds. The largest absolute Gasteiger partial charge is 0.371 e. The van der Waals surface area contributed by atoms with E-state index < -0.39 is 11.9 Å². The van der Waals surface area contributed by atoms with Gasteiger partial charge in [-0.05, 0) is 6.42 Å². The normalized spacial score (nSPS) is 31.9. The van der Waals surface area contributed by atoms with Gasteiger partial charge in [0.1, 0.15) is 5.92 Å².